The van der Waals surface area contributed by atoms with Gasteiger partial charge in [0.05, 0.1) is 17.7 Å². The van der Waals surface area contributed by atoms with Crippen LogP contribution in [0.2, 0.25) is 0 Å². The topological polar surface area (TPSA) is 84.9 Å². The maximum Gasteiger partial charge on any atom is 0.492 e. The van der Waals surface area contributed by atoms with Gasteiger partial charge in [0.1, 0.15) is 13.2 Å². The van der Waals surface area contributed by atoms with Gasteiger partial charge in [-0.05, 0) is 17.2 Å². The largest absolute Gasteiger partial charge is 0.492 e. The fourth-order valence-electron chi connectivity index (χ4n) is 2.85. The molecule has 0 unspecified atom stereocenters. The monoisotopic (exact) mass is 393 g/mol. The van der Waals surface area contributed by atoms with Gasteiger partial charge in [0.2, 0.25) is 0 Å². The normalized spacial score (nSPS) is 13.2. The zero-order valence-corrected chi connectivity index (χ0v) is 14.5. The van der Waals surface area contributed by atoms with Crippen LogP contribution in [0.3, 0.4) is 0 Å². The number of alkyl halides is 3. The van der Waals surface area contributed by atoms with Crippen LogP contribution in [0.15, 0.2) is 42.5 Å². The Labute approximate surface area is 158 Å². The van der Waals surface area contributed by atoms with Gasteiger partial charge < -0.3 is 19.7 Å². The smallest absolute Gasteiger partial charge is 0.460 e. The highest BCUT2D eigenvalue weighted by Gasteiger charge is 2.44. The molecular formula is C18H15BF3NO5. The van der Waals surface area contributed by atoms with Crippen molar-refractivity contribution in [3.8, 4) is 0 Å². The molecular weight excluding hydrogens is 378 g/mol. The molecule has 1 aliphatic heterocycles. The number of hydrogen-bond acceptors (Lipinski definition) is 5. The summed E-state index contributed by atoms with van der Waals surface area (Å²) >= 11 is 0. The number of halogens is 3. The van der Waals surface area contributed by atoms with Crippen molar-refractivity contribution in [2.45, 2.75) is 19.4 Å². The van der Waals surface area contributed by atoms with Crippen molar-refractivity contribution in [2.24, 2.45) is 0 Å². The Kier molecular flexibility index (Phi) is 5.71. The lowest BCUT2D eigenvalue weighted by molar-refractivity contribution is -0.143. The lowest BCUT2D eigenvalue weighted by atomic mass is 9.74. The molecule has 2 aromatic rings. The number of esters is 1. The molecule has 0 aromatic heterocycles. The standard InChI is InChI=1S/C18H15BF3NO5/c20-18(21,22)15-13(7-6-12-10-28-19(26)16(12)15)17(25)23-8-14(24)27-9-11-4-2-1-3-5-11/h1-7,26H,8-10H2,(H,23,25). The SMILES string of the molecule is O=C(CNC(=O)c1ccc2c(c1C(F)(F)F)B(O)OC2)OCc1ccccc1. The van der Waals surface area contributed by atoms with Crippen LogP contribution in [0.4, 0.5) is 13.2 Å². The molecule has 0 fully saturated rings. The number of ether oxygens (including phenoxy) is 1. The van der Waals surface area contributed by atoms with Crippen LogP contribution in [0.1, 0.15) is 27.0 Å². The second kappa shape index (κ2) is 8.03. The molecule has 2 aromatic carbocycles. The fraction of sp³-hybridized carbons (Fsp3) is 0.222. The van der Waals surface area contributed by atoms with E-state index in [2.05, 4.69) is 5.32 Å². The number of amides is 1. The fourth-order valence-corrected chi connectivity index (χ4v) is 2.85. The van der Waals surface area contributed by atoms with Crippen LogP contribution >= 0.6 is 0 Å². The number of carbonyl (C=O) groups is 2. The van der Waals surface area contributed by atoms with Crippen LogP contribution < -0.4 is 10.8 Å². The summed E-state index contributed by atoms with van der Waals surface area (Å²) in [5, 5.41) is 11.8. The van der Waals surface area contributed by atoms with E-state index in [-0.39, 0.29) is 18.8 Å². The van der Waals surface area contributed by atoms with Gasteiger partial charge in [0.25, 0.3) is 5.91 Å². The van der Waals surface area contributed by atoms with E-state index in [9.17, 15) is 27.8 Å². The van der Waals surface area contributed by atoms with E-state index in [4.69, 9.17) is 9.39 Å². The molecule has 2 N–H and O–H groups in total. The maximum absolute atomic E-state index is 13.5. The number of carbonyl (C=O) groups excluding carboxylic acids is 2. The molecule has 0 aliphatic carbocycles. The summed E-state index contributed by atoms with van der Waals surface area (Å²) in [6, 6.07) is 11.1. The van der Waals surface area contributed by atoms with Gasteiger partial charge in [-0.3, -0.25) is 9.59 Å². The van der Waals surface area contributed by atoms with Gasteiger partial charge in [-0.15, -0.1) is 0 Å². The first kappa shape index (κ1) is 19.9. The van der Waals surface area contributed by atoms with Gasteiger partial charge in [-0.25, -0.2) is 0 Å². The van der Waals surface area contributed by atoms with Crippen molar-refractivity contribution in [1.82, 2.24) is 5.32 Å². The molecule has 6 nitrogen and oxygen atoms in total. The summed E-state index contributed by atoms with van der Waals surface area (Å²) in [5.74, 6) is -1.90. The van der Waals surface area contributed by atoms with E-state index < -0.39 is 48.3 Å². The quantitative estimate of drug-likeness (QED) is 0.593. The third-order valence-electron chi connectivity index (χ3n) is 4.14. The van der Waals surface area contributed by atoms with Gasteiger partial charge >= 0.3 is 19.3 Å². The average molecular weight is 393 g/mol. The Morgan fingerprint density at radius 2 is 1.89 bits per heavy atom. The number of benzene rings is 2. The van der Waals surface area contributed by atoms with Crippen LogP contribution in [-0.2, 0) is 33.6 Å². The van der Waals surface area contributed by atoms with Crippen molar-refractivity contribution >= 4 is 24.5 Å². The average Bonchev–Trinajstić information content (AvgIpc) is 3.04. The Morgan fingerprint density at radius 1 is 1.18 bits per heavy atom. The van der Waals surface area contributed by atoms with E-state index in [0.29, 0.717) is 0 Å². The lowest BCUT2D eigenvalue weighted by Gasteiger charge is -2.17. The zero-order chi connectivity index (χ0) is 20.3. The third-order valence-corrected chi connectivity index (χ3v) is 4.14. The van der Waals surface area contributed by atoms with Crippen molar-refractivity contribution < 1.29 is 37.2 Å². The lowest BCUT2D eigenvalue weighted by Crippen LogP contribution is -2.39. The van der Waals surface area contributed by atoms with E-state index in [1.54, 1.807) is 30.3 Å². The molecule has 0 spiro atoms. The highest BCUT2D eigenvalue weighted by atomic mass is 19.4. The molecule has 1 aliphatic rings. The van der Waals surface area contributed by atoms with Crippen molar-refractivity contribution in [1.29, 1.82) is 0 Å². The highest BCUT2D eigenvalue weighted by molar-refractivity contribution is 6.62. The van der Waals surface area contributed by atoms with Crippen molar-refractivity contribution in [3.05, 3.63) is 64.7 Å². The van der Waals surface area contributed by atoms with Crippen LogP contribution in [0.25, 0.3) is 0 Å². The van der Waals surface area contributed by atoms with E-state index in [1.165, 1.54) is 6.07 Å². The van der Waals surface area contributed by atoms with Crippen LogP contribution in [-0.4, -0.2) is 30.6 Å². The summed E-state index contributed by atoms with van der Waals surface area (Å²) in [6.07, 6.45) is -4.89. The van der Waals surface area contributed by atoms with Crippen LogP contribution in [0, 0.1) is 0 Å². The zero-order valence-electron chi connectivity index (χ0n) is 14.5. The molecule has 0 bridgehead atoms. The first-order chi connectivity index (χ1) is 13.3. The molecule has 10 heteroatoms. The Morgan fingerprint density at radius 3 is 2.57 bits per heavy atom. The molecule has 146 valence electrons. The van der Waals surface area contributed by atoms with Gasteiger partial charge in [0, 0.05) is 5.46 Å². The van der Waals surface area contributed by atoms with E-state index in [1.807, 2.05) is 0 Å². The molecule has 3 rings (SSSR count). The van der Waals surface area contributed by atoms with Gasteiger partial charge in [0.15, 0.2) is 0 Å². The van der Waals surface area contributed by atoms with Gasteiger partial charge in [-0.1, -0.05) is 36.4 Å². The first-order valence-electron chi connectivity index (χ1n) is 8.27. The van der Waals surface area contributed by atoms with Gasteiger partial charge in [-0.2, -0.15) is 13.2 Å². The molecule has 1 amide bonds. The summed E-state index contributed by atoms with van der Waals surface area (Å²) in [5.41, 5.74) is -1.57. The summed E-state index contributed by atoms with van der Waals surface area (Å²) < 4.78 is 50.3. The number of hydrogen-bond donors (Lipinski definition) is 2. The van der Waals surface area contributed by atoms with Crippen molar-refractivity contribution in [3.63, 3.8) is 0 Å². The molecule has 0 atom stereocenters. The van der Waals surface area contributed by atoms with Crippen molar-refractivity contribution in [2.75, 3.05) is 6.54 Å². The number of fused-ring (bicyclic) bond motifs is 1. The Balaban J connectivity index is 1.69. The molecule has 0 saturated heterocycles. The summed E-state index contributed by atoms with van der Waals surface area (Å²) in [4.78, 5) is 24.0. The van der Waals surface area contributed by atoms with E-state index >= 15 is 0 Å². The summed E-state index contributed by atoms with van der Waals surface area (Å²) in [7, 11) is -1.77. The predicted octanol–water partition coefficient (Wildman–Crippen LogP) is 1.40. The molecule has 1 heterocycles. The molecule has 0 saturated carbocycles. The Hall–Kier alpha value is -2.85. The predicted molar refractivity (Wildman–Crippen MR) is 92.4 cm³/mol. The number of rotatable bonds is 5. The second-order valence-corrected chi connectivity index (χ2v) is 6.05. The highest BCUT2D eigenvalue weighted by Crippen LogP contribution is 2.33. The maximum atomic E-state index is 13.5. The van der Waals surface area contributed by atoms with E-state index in [0.717, 1.165) is 11.6 Å². The minimum Gasteiger partial charge on any atom is -0.460 e. The third kappa shape index (κ3) is 4.34. The van der Waals surface area contributed by atoms with Crippen LogP contribution in [0.5, 0.6) is 0 Å². The molecule has 28 heavy (non-hydrogen) atoms. The minimum absolute atomic E-state index is 0.0221. The number of nitrogens with one attached hydrogen (secondary N) is 1. The first-order valence-corrected chi connectivity index (χ1v) is 8.27. The molecule has 0 radical (unpaired) electrons. The second-order valence-electron chi connectivity index (χ2n) is 6.05. The Bertz CT molecular complexity index is 889. The minimum atomic E-state index is -4.89. The summed E-state index contributed by atoms with van der Waals surface area (Å²) in [6.45, 7) is -0.807.